The van der Waals surface area contributed by atoms with Crippen LogP contribution in [0, 0.1) is 5.92 Å². The van der Waals surface area contributed by atoms with Gasteiger partial charge >= 0.3 is 0 Å². The van der Waals surface area contributed by atoms with Crippen LogP contribution in [0.15, 0.2) is 36.4 Å². The summed E-state index contributed by atoms with van der Waals surface area (Å²) in [5.41, 5.74) is 5.13. The van der Waals surface area contributed by atoms with E-state index in [-0.39, 0.29) is 0 Å². The van der Waals surface area contributed by atoms with Crippen LogP contribution >= 0.6 is 0 Å². The van der Waals surface area contributed by atoms with Crippen LogP contribution in [-0.2, 0) is 17.8 Å². The number of fused-ring (bicyclic) bond motifs is 3. The molecular weight excluding hydrogens is 312 g/mol. The lowest BCUT2D eigenvalue weighted by molar-refractivity contribution is 0.181. The van der Waals surface area contributed by atoms with Crippen molar-refractivity contribution in [3.8, 4) is 11.5 Å². The van der Waals surface area contributed by atoms with Gasteiger partial charge in [0.05, 0.1) is 6.61 Å². The maximum Gasteiger partial charge on any atom is 0.116 e. The van der Waals surface area contributed by atoms with Crippen LogP contribution < -0.4 is 0 Å². The Hall–Kier alpha value is -2.00. The number of benzene rings is 2. The molecule has 0 amide bonds. The summed E-state index contributed by atoms with van der Waals surface area (Å²) in [5, 5.41) is 19.9. The van der Waals surface area contributed by atoms with Crippen LogP contribution in [0.4, 0.5) is 0 Å². The average Bonchev–Trinajstić information content (AvgIpc) is 2.62. The van der Waals surface area contributed by atoms with Crippen molar-refractivity contribution >= 4 is 0 Å². The molecule has 3 nitrogen and oxygen atoms in total. The summed E-state index contributed by atoms with van der Waals surface area (Å²) in [6, 6.07) is 11.6. The van der Waals surface area contributed by atoms with Gasteiger partial charge in [0.1, 0.15) is 11.5 Å². The monoisotopic (exact) mass is 338 g/mol. The molecule has 2 aliphatic carbocycles. The van der Waals surface area contributed by atoms with Gasteiger partial charge in [-0.05, 0) is 83.5 Å². The van der Waals surface area contributed by atoms with Gasteiger partial charge in [-0.3, -0.25) is 0 Å². The van der Waals surface area contributed by atoms with E-state index in [1.54, 1.807) is 19.2 Å². The van der Waals surface area contributed by atoms with Crippen LogP contribution in [0.3, 0.4) is 0 Å². The number of phenolic OH excluding ortho intramolecular Hbond substituents is 2. The van der Waals surface area contributed by atoms with Crippen molar-refractivity contribution in [3.63, 3.8) is 0 Å². The van der Waals surface area contributed by atoms with Crippen molar-refractivity contribution < 1.29 is 14.9 Å². The molecule has 2 N–H and O–H groups in total. The molecule has 2 aliphatic rings. The molecule has 0 bridgehead atoms. The number of rotatable bonds is 3. The first-order valence-electron chi connectivity index (χ1n) is 9.30. The van der Waals surface area contributed by atoms with E-state index in [2.05, 4.69) is 12.1 Å². The normalized spacial score (nSPS) is 25.2. The van der Waals surface area contributed by atoms with Crippen LogP contribution in [0.5, 0.6) is 11.5 Å². The molecule has 2 aromatic rings. The molecule has 0 radical (unpaired) electrons. The highest BCUT2D eigenvalue weighted by Gasteiger charge is 2.39. The zero-order valence-corrected chi connectivity index (χ0v) is 14.7. The van der Waals surface area contributed by atoms with Crippen molar-refractivity contribution in [2.75, 3.05) is 7.11 Å². The topological polar surface area (TPSA) is 49.7 Å². The van der Waals surface area contributed by atoms with Crippen molar-refractivity contribution in [2.24, 2.45) is 5.92 Å². The fourth-order valence-electron chi connectivity index (χ4n) is 5.09. The number of aromatic hydroxyl groups is 2. The summed E-state index contributed by atoms with van der Waals surface area (Å²) in [7, 11) is 1.71. The van der Waals surface area contributed by atoms with E-state index in [1.807, 2.05) is 12.1 Å². The Balaban J connectivity index is 1.80. The van der Waals surface area contributed by atoms with E-state index >= 15 is 0 Å². The van der Waals surface area contributed by atoms with Gasteiger partial charge in [-0.25, -0.2) is 0 Å². The van der Waals surface area contributed by atoms with Gasteiger partial charge in [0.2, 0.25) is 0 Å². The fourth-order valence-corrected chi connectivity index (χ4v) is 5.09. The lowest BCUT2D eigenvalue weighted by Crippen LogP contribution is -2.31. The van der Waals surface area contributed by atoms with Crippen molar-refractivity contribution in [1.82, 2.24) is 0 Å². The van der Waals surface area contributed by atoms with E-state index in [4.69, 9.17) is 4.74 Å². The van der Waals surface area contributed by atoms with Crippen LogP contribution in [0.1, 0.15) is 59.8 Å². The van der Waals surface area contributed by atoms with Crippen LogP contribution in [0.2, 0.25) is 0 Å². The smallest absolute Gasteiger partial charge is 0.116 e. The van der Waals surface area contributed by atoms with E-state index in [0.717, 1.165) is 12.0 Å². The summed E-state index contributed by atoms with van der Waals surface area (Å²) in [4.78, 5) is 0. The van der Waals surface area contributed by atoms with Gasteiger partial charge in [-0.15, -0.1) is 0 Å². The SMILES string of the molecule is COCc1cc(O)cc2c1C[C@@H](c1ccc(O)cc1)[C@H]1CCCC[C@@H]21. The third-order valence-corrected chi connectivity index (χ3v) is 6.14. The number of hydrogen-bond acceptors (Lipinski definition) is 3. The molecular formula is C22H26O3. The average molecular weight is 338 g/mol. The minimum absolute atomic E-state index is 0.324. The maximum absolute atomic E-state index is 10.2. The van der Waals surface area contributed by atoms with E-state index in [1.165, 1.54) is 42.4 Å². The Morgan fingerprint density at radius 2 is 1.72 bits per heavy atom. The van der Waals surface area contributed by atoms with Crippen molar-refractivity contribution in [2.45, 2.75) is 50.5 Å². The molecule has 0 heterocycles. The molecule has 2 aromatic carbocycles. The van der Waals surface area contributed by atoms with Crippen LogP contribution in [0.25, 0.3) is 0 Å². The Bertz CT molecular complexity index is 751. The maximum atomic E-state index is 10.2. The second kappa shape index (κ2) is 6.72. The van der Waals surface area contributed by atoms with Crippen molar-refractivity contribution in [3.05, 3.63) is 58.7 Å². The zero-order valence-electron chi connectivity index (χ0n) is 14.7. The first-order chi connectivity index (χ1) is 12.2. The first kappa shape index (κ1) is 16.5. The van der Waals surface area contributed by atoms with Gasteiger partial charge < -0.3 is 14.9 Å². The van der Waals surface area contributed by atoms with Gasteiger partial charge in [-0.2, -0.15) is 0 Å². The minimum Gasteiger partial charge on any atom is -0.508 e. The van der Waals surface area contributed by atoms with Gasteiger partial charge in [-0.1, -0.05) is 25.0 Å². The van der Waals surface area contributed by atoms with Gasteiger partial charge in [0.15, 0.2) is 0 Å². The summed E-state index contributed by atoms with van der Waals surface area (Å²) >= 11 is 0. The molecule has 0 aliphatic heterocycles. The molecule has 0 unspecified atom stereocenters. The minimum atomic E-state index is 0.324. The standard InChI is InChI=1S/C22H26O3/c1-25-13-15-10-17(24)11-22-19-5-3-2-4-18(19)20(12-21(15)22)14-6-8-16(23)9-7-14/h6-11,18-20,23-24H,2-5,12-13H2,1H3/t18-,19+,20-/m0/s1. The molecule has 1 fully saturated rings. The number of ether oxygens (including phenoxy) is 1. The number of methoxy groups -OCH3 is 1. The quantitative estimate of drug-likeness (QED) is 0.840. The summed E-state index contributed by atoms with van der Waals surface area (Å²) in [5.74, 6) is 2.28. The lowest BCUT2D eigenvalue weighted by Gasteiger charge is -2.43. The van der Waals surface area contributed by atoms with E-state index < -0.39 is 0 Å². The molecule has 3 atom stereocenters. The molecule has 1 saturated carbocycles. The third-order valence-electron chi connectivity index (χ3n) is 6.14. The van der Waals surface area contributed by atoms with Crippen LogP contribution in [-0.4, -0.2) is 17.3 Å². The number of phenols is 2. The predicted molar refractivity (Wildman–Crippen MR) is 98.1 cm³/mol. The Labute approximate surface area is 149 Å². The van der Waals surface area contributed by atoms with Gasteiger partial charge in [0, 0.05) is 7.11 Å². The van der Waals surface area contributed by atoms with Crippen molar-refractivity contribution in [1.29, 1.82) is 0 Å². The lowest BCUT2D eigenvalue weighted by atomic mass is 9.61. The summed E-state index contributed by atoms with van der Waals surface area (Å²) < 4.78 is 5.40. The summed E-state index contributed by atoms with van der Waals surface area (Å²) in [6.45, 7) is 0.538. The second-order valence-electron chi connectivity index (χ2n) is 7.56. The molecule has 0 aromatic heterocycles. The Kier molecular flexibility index (Phi) is 4.43. The largest absolute Gasteiger partial charge is 0.508 e. The Morgan fingerprint density at radius 1 is 0.960 bits per heavy atom. The highest BCUT2D eigenvalue weighted by molar-refractivity contribution is 5.48. The predicted octanol–water partition coefficient (Wildman–Crippen LogP) is 4.86. The third kappa shape index (κ3) is 3.02. The van der Waals surface area contributed by atoms with Gasteiger partial charge in [0.25, 0.3) is 0 Å². The second-order valence-corrected chi connectivity index (χ2v) is 7.56. The highest BCUT2D eigenvalue weighted by Crippen LogP contribution is 2.52. The van der Waals surface area contributed by atoms with E-state index in [0.29, 0.717) is 35.9 Å². The first-order valence-corrected chi connectivity index (χ1v) is 9.30. The molecule has 0 saturated heterocycles. The summed E-state index contributed by atoms with van der Waals surface area (Å²) in [6.07, 6.45) is 5.97. The van der Waals surface area contributed by atoms with E-state index in [9.17, 15) is 10.2 Å². The molecule has 3 heteroatoms. The molecule has 0 spiro atoms. The molecule has 4 rings (SSSR count). The Morgan fingerprint density at radius 3 is 2.48 bits per heavy atom. The highest BCUT2D eigenvalue weighted by atomic mass is 16.5. The molecule has 25 heavy (non-hydrogen) atoms. The number of hydrogen-bond donors (Lipinski definition) is 2. The molecule has 132 valence electrons. The zero-order chi connectivity index (χ0) is 17.4. The fraction of sp³-hybridized carbons (Fsp3) is 0.455.